The molecule has 0 radical (unpaired) electrons. The lowest BCUT2D eigenvalue weighted by molar-refractivity contribution is 0.213. The van der Waals surface area contributed by atoms with Crippen molar-refractivity contribution in [3.05, 3.63) is 53.4 Å². The van der Waals surface area contributed by atoms with Gasteiger partial charge < -0.3 is 5.11 Å². The minimum atomic E-state index is -1.21. The van der Waals surface area contributed by atoms with Crippen molar-refractivity contribution in [2.75, 3.05) is 0 Å². The summed E-state index contributed by atoms with van der Waals surface area (Å²) in [4.78, 5) is 0. The lowest BCUT2D eigenvalue weighted by Gasteiger charge is -2.10. The third-order valence-corrected chi connectivity index (χ3v) is 2.74. The predicted molar refractivity (Wildman–Crippen MR) is 63.0 cm³/mol. The van der Waals surface area contributed by atoms with Crippen LogP contribution in [0.5, 0.6) is 0 Å². The summed E-state index contributed by atoms with van der Waals surface area (Å²) in [5, 5.41) is 14.1. The Hall–Kier alpha value is -1.75. The standard InChI is InChI=1S/C13H14F2N2O/c1-8(2)17-7-9(6-16-17)13(18)10-4-3-5-11(14)12(10)15/h3-8,13,18H,1-2H3. The number of nitrogens with zero attached hydrogens (tertiary/aromatic N) is 2. The molecule has 18 heavy (non-hydrogen) atoms. The van der Waals surface area contributed by atoms with Crippen LogP contribution in [0, 0.1) is 11.6 Å². The number of rotatable bonds is 3. The lowest BCUT2D eigenvalue weighted by atomic mass is 10.0. The van der Waals surface area contributed by atoms with Crippen LogP contribution in [0.25, 0.3) is 0 Å². The molecule has 0 bridgehead atoms. The second-order valence-corrected chi connectivity index (χ2v) is 4.39. The van der Waals surface area contributed by atoms with Gasteiger partial charge in [-0.2, -0.15) is 5.10 Å². The molecule has 1 unspecified atom stereocenters. The predicted octanol–water partition coefficient (Wildman–Crippen LogP) is 2.82. The van der Waals surface area contributed by atoms with Crippen LogP contribution in [0.1, 0.15) is 37.1 Å². The van der Waals surface area contributed by atoms with Gasteiger partial charge in [0.05, 0.1) is 6.20 Å². The molecule has 0 saturated carbocycles. The van der Waals surface area contributed by atoms with Crippen LogP contribution in [0.2, 0.25) is 0 Å². The van der Waals surface area contributed by atoms with Gasteiger partial charge in [0.2, 0.25) is 0 Å². The first kappa shape index (κ1) is 12.7. The Bertz CT molecular complexity index is 552. The molecule has 0 aliphatic rings. The maximum absolute atomic E-state index is 13.5. The van der Waals surface area contributed by atoms with Crippen LogP contribution in [-0.2, 0) is 0 Å². The fourth-order valence-corrected chi connectivity index (χ4v) is 1.69. The first-order valence-electron chi connectivity index (χ1n) is 5.66. The SMILES string of the molecule is CC(C)n1cc(C(O)c2cccc(F)c2F)cn1. The number of benzene rings is 1. The number of aliphatic hydroxyl groups is 1. The third-order valence-electron chi connectivity index (χ3n) is 2.74. The molecule has 0 aliphatic heterocycles. The molecule has 0 spiro atoms. The molecular weight excluding hydrogens is 238 g/mol. The number of aliphatic hydroxyl groups excluding tert-OH is 1. The number of hydrogen-bond acceptors (Lipinski definition) is 2. The maximum atomic E-state index is 13.5. The van der Waals surface area contributed by atoms with Crippen molar-refractivity contribution in [1.82, 2.24) is 9.78 Å². The molecule has 0 aliphatic carbocycles. The highest BCUT2D eigenvalue weighted by atomic mass is 19.2. The first-order chi connectivity index (χ1) is 8.50. The summed E-state index contributed by atoms with van der Waals surface area (Å²) in [6.45, 7) is 3.87. The van der Waals surface area contributed by atoms with E-state index >= 15 is 0 Å². The summed E-state index contributed by atoms with van der Waals surface area (Å²) in [6, 6.07) is 3.88. The van der Waals surface area contributed by atoms with E-state index in [1.165, 1.54) is 18.3 Å². The summed E-state index contributed by atoms with van der Waals surface area (Å²) in [6.07, 6.45) is 1.86. The van der Waals surface area contributed by atoms with Crippen LogP contribution in [-0.4, -0.2) is 14.9 Å². The van der Waals surface area contributed by atoms with E-state index in [1.54, 1.807) is 10.9 Å². The zero-order valence-electron chi connectivity index (χ0n) is 10.1. The highest BCUT2D eigenvalue weighted by Gasteiger charge is 2.19. The van der Waals surface area contributed by atoms with Crippen molar-refractivity contribution in [3.8, 4) is 0 Å². The third kappa shape index (κ3) is 2.26. The lowest BCUT2D eigenvalue weighted by Crippen LogP contribution is -2.04. The second-order valence-electron chi connectivity index (χ2n) is 4.39. The summed E-state index contributed by atoms with van der Waals surface area (Å²) in [5.74, 6) is -2.00. The smallest absolute Gasteiger partial charge is 0.164 e. The van der Waals surface area contributed by atoms with Crippen LogP contribution >= 0.6 is 0 Å². The molecule has 1 heterocycles. The van der Waals surface area contributed by atoms with Crippen LogP contribution < -0.4 is 0 Å². The van der Waals surface area contributed by atoms with Crippen molar-refractivity contribution in [2.45, 2.75) is 26.0 Å². The Morgan fingerprint density at radius 1 is 1.28 bits per heavy atom. The molecule has 5 heteroatoms. The Morgan fingerprint density at radius 3 is 2.61 bits per heavy atom. The molecule has 1 aromatic heterocycles. The Labute approximate surface area is 104 Å². The van der Waals surface area contributed by atoms with E-state index in [-0.39, 0.29) is 11.6 Å². The van der Waals surface area contributed by atoms with E-state index in [0.29, 0.717) is 5.56 Å². The quantitative estimate of drug-likeness (QED) is 0.912. The highest BCUT2D eigenvalue weighted by molar-refractivity contribution is 5.28. The minimum absolute atomic E-state index is 0.0849. The van der Waals surface area contributed by atoms with Crippen LogP contribution in [0.4, 0.5) is 8.78 Å². The van der Waals surface area contributed by atoms with Gasteiger partial charge in [0.1, 0.15) is 6.10 Å². The van der Waals surface area contributed by atoms with Crippen molar-refractivity contribution < 1.29 is 13.9 Å². The topological polar surface area (TPSA) is 38.0 Å². The second kappa shape index (κ2) is 4.86. The zero-order valence-corrected chi connectivity index (χ0v) is 10.1. The van der Waals surface area contributed by atoms with Gasteiger partial charge in [0.25, 0.3) is 0 Å². The molecule has 0 amide bonds. The molecule has 0 fully saturated rings. The summed E-state index contributed by atoms with van der Waals surface area (Å²) < 4.78 is 28.3. The molecule has 1 N–H and O–H groups in total. The molecular formula is C13H14F2N2O. The average Bonchev–Trinajstić information content (AvgIpc) is 2.81. The average molecular weight is 252 g/mol. The number of hydrogen-bond donors (Lipinski definition) is 1. The summed E-state index contributed by atoms with van der Waals surface area (Å²) in [5.41, 5.74) is 0.353. The fraction of sp³-hybridized carbons (Fsp3) is 0.308. The maximum Gasteiger partial charge on any atom is 0.164 e. The van der Waals surface area contributed by atoms with Gasteiger partial charge in [0.15, 0.2) is 11.6 Å². The van der Waals surface area contributed by atoms with Crippen LogP contribution in [0.3, 0.4) is 0 Å². The van der Waals surface area contributed by atoms with Crippen molar-refractivity contribution in [1.29, 1.82) is 0 Å². The Balaban J connectivity index is 2.35. The molecule has 0 saturated heterocycles. The summed E-state index contributed by atoms with van der Waals surface area (Å²) in [7, 11) is 0. The Morgan fingerprint density at radius 2 is 2.00 bits per heavy atom. The first-order valence-corrected chi connectivity index (χ1v) is 5.66. The number of halogens is 2. The number of aromatic nitrogens is 2. The van der Waals surface area contributed by atoms with Crippen molar-refractivity contribution >= 4 is 0 Å². The van der Waals surface area contributed by atoms with Crippen molar-refractivity contribution in [2.24, 2.45) is 0 Å². The highest BCUT2D eigenvalue weighted by Crippen LogP contribution is 2.25. The van der Waals surface area contributed by atoms with E-state index in [9.17, 15) is 13.9 Å². The van der Waals surface area contributed by atoms with Gasteiger partial charge in [-0.3, -0.25) is 4.68 Å². The largest absolute Gasteiger partial charge is 0.383 e. The molecule has 1 atom stereocenters. The minimum Gasteiger partial charge on any atom is -0.383 e. The van der Waals surface area contributed by atoms with E-state index < -0.39 is 17.7 Å². The molecule has 3 nitrogen and oxygen atoms in total. The van der Waals surface area contributed by atoms with Gasteiger partial charge in [0, 0.05) is 23.4 Å². The monoisotopic (exact) mass is 252 g/mol. The molecule has 1 aromatic carbocycles. The van der Waals surface area contributed by atoms with E-state index in [1.807, 2.05) is 13.8 Å². The van der Waals surface area contributed by atoms with Gasteiger partial charge >= 0.3 is 0 Å². The van der Waals surface area contributed by atoms with E-state index in [0.717, 1.165) is 6.07 Å². The van der Waals surface area contributed by atoms with Gasteiger partial charge in [-0.05, 0) is 19.9 Å². The molecule has 96 valence electrons. The van der Waals surface area contributed by atoms with Crippen LogP contribution in [0.15, 0.2) is 30.6 Å². The zero-order chi connectivity index (χ0) is 13.3. The molecule has 2 aromatic rings. The van der Waals surface area contributed by atoms with Gasteiger partial charge in [-0.1, -0.05) is 12.1 Å². The van der Waals surface area contributed by atoms with Gasteiger partial charge in [-0.25, -0.2) is 8.78 Å². The van der Waals surface area contributed by atoms with Crippen molar-refractivity contribution in [3.63, 3.8) is 0 Å². The normalized spacial score (nSPS) is 13.0. The Kier molecular flexibility index (Phi) is 3.43. The molecule has 2 rings (SSSR count). The van der Waals surface area contributed by atoms with E-state index in [2.05, 4.69) is 5.10 Å². The summed E-state index contributed by atoms with van der Waals surface area (Å²) >= 11 is 0. The fourth-order valence-electron chi connectivity index (χ4n) is 1.69. The van der Waals surface area contributed by atoms with Gasteiger partial charge in [-0.15, -0.1) is 0 Å². The van der Waals surface area contributed by atoms with E-state index in [4.69, 9.17) is 0 Å².